The quantitative estimate of drug-likeness (QED) is 0.811. The van der Waals surface area contributed by atoms with Gasteiger partial charge in [-0.3, -0.25) is 0 Å². The second kappa shape index (κ2) is 5.83. The predicted molar refractivity (Wildman–Crippen MR) is 76.6 cm³/mol. The molecule has 0 spiro atoms. The highest BCUT2D eigenvalue weighted by molar-refractivity contribution is 9.10. The van der Waals surface area contributed by atoms with Gasteiger partial charge < -0.3 is 14.5 Å². The van der Waals surface area contributed by atoms with E-state index in [1.165, 1.54) is 12.1 Å². The molecule has 1 aliphatic rings. The molecule has 3 rings (SSSR count). The normalized spacial score (nSPS) is 14.9. The van der Waals surface area contributed by atoms with Crippen LogP contribution in [-0.4, -0.2) is 11.3 Å². The van der Waals surface area contributed by atoms with E-state index in [4.69, 9.17) is 4.42 Å². The number of anilines is 1. The first-order valence-electron chi connectivity index (χ1n) is 6.64. The van der Waals surface area contributed by atoms with Crippen molar-refractivity contribution in [1.29, 1.82) is 0 Å². The highest BCUT2D eigenvalue weighted by atomic mass is 79.9. The standard InChI is InChI=1S/C14H12BrF3N2O2/c15-9-3-4-11(12(5-9)22-14(16,17)18)19-6-10-7-20-13(21-10)8-1-2-8/h3-5,7-8,19H,1-2,6H2. The maximum atomic E-state index is 12.4. The molecule has 118 valence electrons. The van der Waals surface area contributed by atoms with Gasteiger partial charge in [-0.15, -0.1) is 13.2 Å². The Balaban J connectivity index is 1.70. The van der Waals surface area contributed by atoms with Crippen molar-refractivity contribution in [3.05, 3.63) is 40.5 Å². The third-order valence-corrected chi connectivity index (χ3v) is 3.61. The molecule has 1 fully saturated rings. The molecule has 0 radical (unpaired) electrons. The molecule has 22 heavy (non-hydrogen) atoms. The zero-order chi connectivity index (χ0) is 15.7. The molecule has 0 bridgehead atoms. The first-order valence-corrected chi connectivity index (χ1v) is 7.44. The second-order valence-corrected chi connectivity index (χ2v) is 5.90. The van der Waals surface area contributed by atoms with Gasteiger partial charge in [-0.1, -0.05) is 15.9 Å². The van der Waals surface area contributed by atoms with E-state index in [1.807, 2.05) is 0 Å². The lowest BCUT2D eigenvalue weighted by Gasteiger charge is -2.14. The molecule has 1 N–H and O–H groups in total. The van der Waals surface area contributed by atoms with E-state index in [9.17, 15) is 13.2 Å². The van der Waals surface area contributed by atoms with Gasteiger partial charge in [0.25, 0.3) is 0 Å². The molecule has 1 aromatic carbocycles. The number of benzene rings is 1. The minimum atomic E-state index is -4.75. The maximum absolute atomic E-state index is 12.4. The summed E-state index contributed by atoms with van der Waals surface area (Å²) in [5, 5.41) is 2.87. The zero-order valence-electron chi connectivity index (χ0n) is 11.3. The number of alkyl halides is 3. The molecule has 1 saturated carbocycles. The topological polar surface area (TPSA) is 47.3 Å². The molecular formula is C14H12BrF3N2O2. The van der Waals surface area contributed by atoms with E-state index >= 15 is 0 Å². The van der Waals surface area contributed by atoms with Crippen LogP contribution in [0.1, 0.15) is 30.4 Å². The highest BCUT2D eigenvalue weighted by Crippen LogP contribution is 2.39. The fourth-order valence-electron chi connectivity index (χ4n) is 1.96. The number of halogens is 4. The monoisotopic (exact) mass is 376 g/mol. The van der Waals surface area contributed by atoms with Crippen LogP contribution in [0.3, 0.4) is 0 Å². The van der Waals surface area contributed by atoms with Crippen LogP contribution in [0.15, 0.2) is 33.3 Å². The third-order valence-electron chi connectivity index (χ3n) is 3.12. The largest absolute Gasteiger partial charge is 0.573 e. The van der Waals surface area contributed by atoms with Gasteiger partial charge in [0.05, 0.1) is 18.4 Å². The number of oxazole rings is 1. The van der Waals surface area contributed by atoms with E-state index in [0.717, 1.165) is 12.8 Å². The van der Waals surface area contributed by atoms with Gasteiger partial charge >= 0.3 is 6.36 Å². The second-order valence-electron chi connectivity index (χ2n) is 4.98. The van der Waals surface area contributed by atoms with Gasteiger partial charge in [0.1, 0.15) is 5.76 Å². The lowest BCUT2D eigenvalue weighted by atomic mass is 10.3. The van der Waals surface area contributed by atoms with Crippen LogP contribution in [0.2, 0.25) is 0 Å². The van der Waals surface area contributed by atoms with Crippen molar-refractivity contribution in [3.8, 4) is 5.75 Å². The van der Waals surface area contributed by atoms with E-state index in [-0.39, 0.29) is 18.0 Å². The molecule has 1 aliphatic carbocycles. The molecule has 0 aliphatic heterocycles. The SMILES string of the molecule is FC(F)(F)Oc1cc(Br)ccc1NCc1cnc(C2CC2)o1. The number of rotatable bonds is 5. The van der Waals surface area contributed by atoms with Crippen LogP contribution in [0.4, 0.5) is 18.9 Å². The number of aromatic nitrogens is 1. The van der Waals surface area contributed by atoms with Crippen molar-refractivity contribution < 1.29 is 22.3 Å². The number of hydrogen-bond donors (Lipinski definition) is 1. The van der Waals surface area contributed by atoms with Gasteiger partial charge in [0, 0.05) is 10.4 Å². The minimum absolute atomic E-state index is 0.227. The summed E-state index contributed by atoms with van der Waals surface area (Å²) in [4.78, 5) is 4.16. The van der Waals surface area contributed by atoms with Crippen LogP contribution in [0.5, 0.6) is 5.75 Å². The van der Waals surface area contributed by atoms with Crippen molar-refractivity contribution in [2.24, 2.45) is 0 Å². The molecular weight excluding hydrogens is 365 g/mol. The van der Waals surface area contributed by atoms with E-state index < -0.39 is 6.36 Å². The fraction of sp³-hybridized carbons (Fsp3) is 0.357. The highest BCUT2D eigenvalue weighted by Gasteiger charge is 2.32. The Morgan fingerprint density at radius 3 is 2.82 bits per heavy atom. The summed E-state index contributed by atoms with van der Waals surface area (Å²) >= 11 is 3.12. The molecule has 0 amide bonds. The third kappa shape index (κ3) is 3.94. The summed E-state index contributed by atoms with van der Waals surface area (Å²) in [5.74, 6) is 1.36. The van der Waals surface area contributed by atoms with Gasteiger partial charge in [0.15, 0.2) is 11.6 Å². The van der Waals surface area contributed by atoms with Crippen molar-refractivity contribution in [2.45, 2.75) is 31.7 Å². The number of ether oxygens (including phenoxy) is 1. The Labute approximate surface area is 132 Å². The van der Waals surface area contributed by atoms with Gasteiger partial charge in [-0.05, 0) is 31.0 Å². The summed E-state index contributed by atoms with van der Waals surface area (Å²) in [6.45, 7) is 0.232. The summed E-state index contributed by atoms with van der Waals surface area (Å²) in [5.41, 5.74) is 0.227. The van der Waals surface area contributed by atoms with E-state index in [0.29, 0.717) is 22.0 Å². The fourth-order valence-corrected chi connectivity index (χ4v) is 2.30. The van der Waals surface area contributed by atoms with Crippen LogP contribution < -0.4 is 10.1 Å². The molecule has 0 unspecified atom stereocenters. The smallest absolute Gasteiger partial charge is 0.444 e. The Morgan fingerprint density at radius 1 is 1.36 bits per heavy atom. The van der Waals surface area contributed by atoms with Crippen molar-refractivity contribution in [1.82, 2.24) is 4.98 Å². The Morgan fingerprint density at radius 2 is 2.14 bits per heavy atom. The summed E-state index contributed by atoms with van der Waals surface area (Å²) in [6, 6.07) is 4.39. The summed E-state index contributed by atoms with van der Waals surface area (Å²) < 4.78 is 47.3. The Hall–Kier alpha value is -1.70. The van der Waals surface area contributed by atoms with Crippen molar-refractivity contribution >= 4 is 21.6 Å². The minimum Gasteiger partial charge on any atom is -0.444 e. The van der Waals surface area contributed by atoms with Gasteiger partial charge in [-0.2, -0.15) is 0 Å². The molecule has 2 aromatic rings. The number of hydrogen-bond acceptors (Lipinski definition) is 4. The number of nitrogens with zero attached hydrogens (tertiary/aromatic N) is 1. The molecule has 1 aromatic heterocycles. The van der Waals surface area contributed by atoms with E-state index in [1.54, 1.807) is 12.3 Å². The average molecular weight is 377 g/mol. The first-order chi connectivity index (χ1) is 10.4. The summed E-state index contributed by atoms with van der Waals surface area (Å²) in [7, 11) is 0. The Bertz CT molecular complexity index is 668. The van der Waals surface area contributed by atoms with Crippen LogP contribution in [-0.2, 0) is 6.54 Å². The van der Waals surface area contributed by atoms with Crippen LogP contribution in [0, 0.1) is 0 Å². The van der Waals surface area contributed by atoms with E-state index in [2.05, 4.69) is 31.0 Å². The molecule has 8 heteroatoms. The van der Waals surface area contributed by atoms with Gasteiger partial charge in [-0.25, -0.2) is 4.98 Å². The van der Waals surface area contributed by atoms with Gasteiger partial charge in [0.2, 0.25) is 0 Å². The number of nitrogens with one attached hydrogen (secondary N) is 1. The van der Waals surface area contributed by atoms with Crippen molar-refractivity contribution in [3.63, 3.8) is 0 Å². The zero-order valence-corrected chi connectivity index (χ0v) is 12.9. The predicted octanol–water partition coefficient (Wildman–Crippen LogP) is 4.83. The lowest BCUT2D eigenvalue weighted by Crippen LogP contribution is -2.18. The first kappa shape index (κ1) is 15.2. The molecule has 1 heterocycles. The average Bonchev–Trinajstić information content (AvgIpc) is 3.16. The Kier molecular flexibility index (Phi) is 4.03. The maximum Gasteiger partial charge on any atom is 0.573 e. The molecule has 0 saturated heterocycles. The van der Waals surface area contributed by atoms with Crippen LogP contribution >= 0.6 is 15.9 Å². The molecule has 4 nitrogen and oxygen atoms in total. The van der Waals surface area contributed by atoms with Crippen LogP contribution in [0.25, 0.3) is 0 Å². The molecule has 0 atom stereocenters. The summed E-state index contributed by atoms with van der Waals surface area (Å²) in [6.07, 6.45) is -1.01. The van der Waals surface area contributed by atoms with Crippen molar-refractivity contribution in [2.75, 3.05) is 5.32 Å². The lowest BCUT2D eigenvalue weighted by molar-refractivity contribution is -0.274.